The summed E-state index contributed by atoms with van der Waals surface area (Å²) in [6.45, 7) is 4.10. The molecule has 0 amide bonds. The van der Waals surface area contributed by atoms with E-state index in [-0.39, 0.29) is 14.9 Å². The van der Waals surface area contributed by atoms with Crippen LogP contribution in [0.1, 0.15) is 19.8 Å². The van der Waals surface area contributed by atoms with Crippen molar-refractivity contribution in [3.63, 3.8) is 0 Å². The number of ether oxygens (including phenoxy) is 1. The fourth-order valence-corrected chi connectivity index (χ4v) is 0.974. The van der Waals surface area contributed by atoms with E-state index >= 15 is 0 Å². The van der Waals surface area contributed by atoms with Crippen LogP contribution in [0.25, 0.3) is 0 Å². The molecule has 1 aliphatic rings. The molecule has 1 nitrogen and oxygen atoms in total. The van der Waals surface area contributed by atoms with Gasteiger partial charge in [-0.3, -0.25) is 0 Å². The summed E-state index contributed by atoms with van der Waals surface area (Å²) in [5, 5.41) is 0. The molecule has 11 heavy (non-hydrogen) atoms. The molecular weight excluding hydrogens is 376 g/mol. The molecule has 0 aliphatic carbocycles. The van der Waals surface area contributed by atoms with Gasteiger partial charge in [-0.15, -0.1) is 5.92 Å². The van der Waals surface area contributed by atoms with Gasteiger partial charge >= 0.3 is 0 Å². The van der Waals surface area contributed by atoms with Crippen molar-refractivity contribution in [2.24, 2.45) is 5.92 Å². The van der Waals surface area contributed by atoms with Crippen LogP contribution in [0.3, 0.4) is 0 Å². The van der Waals surface area contributed by atoms with Crippen LogP contribution >= 0.6 is 0 Å². The summed E-state index contributed by atoms with van der Waals surface area (Å²) in [5.41, 5.74) is 0. The average molecular weight is 395 g/mol. The molecule has 0 aromatic carbocycles. The smallest absolute Gasteiger partial charge is 0.0222 e. The van der Waals surface area contributed by atoms with Crippen LogP contribution in [-0.2, 0) is 4.74 Å². The molecule has 0 bridgehead atoms. The Balaban J connectivity index is -0.000000213. The average Bonchev–Trinajstić information content (AvgIpc) is 1.90. The van der Waals surface area contributed by atoms with E-state index in [0.29, 0.717) is 0 Å². The van der Waals surface area contributed by atoms with Crippen LogP contribution < -0.4 is 0 Å². The first kappa shape index (κ1) is 16.5. The predicted molar refractivity (Wildman–Crippen MR) is 46.3 cm³/mol. The van der Waals surface area contributed by atoms with E-state index in [9.17, 15) is 0 Å². The summed E-state index contributed by atoms with van der Waals surface area (Å²) >= 11 is 0. The van der Waals surface area contributed by atoms with Gasteiger partial charge in [-0.05, 0) is 0 Å². The van der Waals surface area contributed by atoms with Crippen LogP contribution in [0.5, 0.6) is 0 Å². The molecule has 0 N–H and O–H groups in total. The van der Waals surface area contributed by atoms with Crippen molar-refractivity contribution in [1.29, 1.82) is 0 Å². The minimum absolute atomic E-state index is 0. The summed E-state index contributed by atoms with van der Waals surface area (Å²) in [4.78, 5) is 0. The van der Waals surface area contributed by atoms with Crippen molar-refractivity contribution in [2.45, 2.75) is 19.8 Å². The van der Waals surface area contributed by atoms with Crippen LogP contribution in [-0.4, -0.2) is 13.2 Å². The molecule has 1 radical (unpaired) electrons. The first-order valence-corrected chi connectivity index (χ1v) is 3.34. The van der Waals surface area contributed by atoms with Crippen molar-refractivity contribution < 1.29 is 4.74 Å². The molecule has 1 aliphatic heterocycles. The van der Waals surface area contributed by atoms with Gasteiger partial charge in [-0.2, -0.15) is 6.42 Å². The number of hydrogen-bond donors (Lipinski definition) is 0. The van der Waals surface area contributed by atoms with Crippen molar-refractivity contribution in [3.8, 4) is 0 Å². The molecule has 0 aromatic rings. The molecule has 1 heterocycles. The van der Waals surface area contributed by atoms with E-state index in [1.54, 1.807) is 0 Å². The molecule has 1 unspecified atom stereocenters. The predicted octanol–water partition coefficient (Wildman–Crippen LogP) is 2.54. The van der Waals surface area contributed by atoms with Gasteiger partial charge in [0.15, 0.2) is 0 Å². The summed E-state index contributed by atoms with van der Waals surface area (Å²) in [6.07, 6.45) is 4.75. The van der Waals surface area contributed by atoms with Gasteiger partial charge in [0.2, 0.25) is 0 Å². The minimum atomic E-state index is 0. The topological polar surface area (TPSA) is 9.23 Å². The zero-order valence-electron chi connectivity index (χ0n) is 7.69. The second-order valence-corrected chi connectivity index (χ2v) is 2.27. The zero-order valence-corrected chi connectivity index (χ0v) is 10.2. The first-order valence-electron chi connectivity index (χ1n) is 3.34. The summed E-state index contributed by atoms with van der Waals surface area (Å²) in [7, 11) is 0. The molecule has 0 spiro atoms. The van der Waals surface area contributed by atoms with Gasteiger partial charge < -0.3 is 26.0 Å². The van der Waals surface area contributed by atoms with Crippen LogP contribution in [0.15, 0.2) is 0 Å². The van der Waals surface area contributed by atoms with E-state index in [4.69, 9.17) is 4.74 Å². The summed E-state index contributed by atoms with van der Waals surface area (Å²) < 4.78 is 5.24. The molecule has 75 valence electrons. The fourth-order valence-electron chi connectivity index (χ4n) is 0.974. The van der Waals surface area contributed by atoms with Crippen LogP contribution in [0, 0.1) is 27.2 Å². The number of hydrogen-bond acceptors (Lipinski definition) is 1. The Morgan fingerprint density at radius 3 is 2.36 bits per heavy atom. The maximum atomic E-state index is 5.24. The monoisotopic (exact) mass is 395 g/mol. The fraction of sp³-hybridized carbons (Fsp3) is 0.667. The third kappa shape index (κ3) is 5.41. The Bertz CT molecular complexity index is 60.6. The zero-order chi connectivity index (χ0) is 5.82. The Morgan fingerprint density at radius 2 is 2.09 bits per heavy atom. The van der Waals surface area contributed by atoms with Gasteiger partial charge in [-0.25, -0.2) is 0 Å². The van der Waals surface area contributed by atoms with E-state index in [1.165, 1.54) is 6.42 Å². The largest absolute Gasteiger partial charge is 0.386 e. The third-order valence-corrected chi connectivity index (χ3v) is 1.62. The van der Waals surface area contributed by atoms with E-state index in [1.807, 2.05) is 0 Å². The van der Waals surface area contributed by atoms with Crippen molar-refractivity contribution in [2.75, 3.05) is 13.2 Å². The third-order valence-electron chi connectivity index (χ3n) is 1.62. The van der Waals surface area contributed by atoms with Gasteiger partial charge in [0, 0.05) is 13.2 Å². The molecule has 0 aromatic heterocycles. The number of rotatable bonds is 1. The molecule has 0 saturated carbocycles. The van der Waals surface area contributed by atoms with Crippen molar-refractivity contribution >= 4 is 0 Å². The Morgan fingerprint density at radius 1 is 1.45 bits per heavy atom. The van der Waals surface area contributed by atoms with Gasteiger partial charge in [0.05, 0.1) is 0 Å². The molecule has 2 heteroatoms. The van der Waals surface area contributed by atoms with Crippen LogP contribution in [0.2, 0.25) is 0 Å². The Hall–Kier alpha value is -1.04. The maximum absolute atomic E-state index is 5.24. The second kappa shape index (κ2) is 8.96. The molecule has 1 fully saturated rings. The second-order valence-electron chi connectivity index (χ2n) is 2.27. The quantitative estimate of drug-likeness (QED) is 0.621. The Kier molecular flexibility index (Phi) is 13.4. The van der Waals surface area contributed by atoms with Gasteiger partial charge in [0.25, 0.3) is 0 Å². The molecular formula is C9H19EsO-3. The molecule has 1 saturated heterocycles. The molecule has 1 rings (SSSR count). The van der Waals surface area contributed by atoms with E-state index in [2.05, 4.69) is 13.3 Å². The normalized spacial score (nSPS) is 22.1. The van der Waals surface area contributed by atoms with Gasteiger partial charge in [-0.1, -0.05) is 13.3 Å². The summed E-state index contributed by atoms with van der Waals surface area (Å²) in [5.74, 6) is 0.740. The Labute approximate surface area is 65.8 Å². The van der Waals surface area contributed by atoms with Gasteiger partial charge in [0.1, 0.15) is 0 Å². The SMILES string of the molecule is CCC1[CH-]CCOC1.[CH3-].[CH3-].[Es]. The van der Waals surface area contributed by atoms with E-state index in [0.717, 1.165) is 25.6 Å². The first-order chi connectivity index (χ1) is 3.93. The summed E-state index contributed by atoms with van der Waals surface area (Å²) in [6, 6.07) is 0. The minimum Gasteiger partial charge on any atom is -0.386 e. The van der Waals surface area contributed by atoms with E-state index < -0.39 is 0 Å². The standard InChI is InChI=1S/C7H13O.2CH3.Es/c1-2-7-4-3-5-8-6-7;;;/h4,7H,2-3,5-6H2,1H3;2*1H3;/q3*-1;. The maximum Gasteiger partial charge on any atom is 0.0222 e. The van der Waals surface area contributed by atoms with Crippen molar-refractivity contribution in [1.82, 2.24) is 0 Å². The van der Waals surface area contributed by atoms with Crippen LogP contribution in [0.4, 0.5) is 0 Å². The molecule has 1 atom stereocenters. The van der Waals surface area contributed by atoms with Crippen molar-refractivity contribution in [3.05, 3.63) is 21.3 Å².